The fraction of sp³-hybridized carbons (Fsp3) is 0.455. The van der Waals surface area contributed by atoms with Crippen LogP contribution in [-0.2, 0) is 14.8 Å². The minimum absolute atomic E-state index is 0.204. The van der Waals surface area contributed by atoms with Crippen LogP contribution < -0.4 is 4.74 Å². The summed E-state index contributed by atoms with van der Waals surface area (Å²) in [4.78, 5) is 0. The summed E-state index contributed by atoms with van der Waals surface area (Å²) in [5.74, 6) is 0.409. The molecule has 90 valence electrons. The maximum absolute atomic E-state index is 11.1. The molecule has 0 spiro atoms. The molecule has 0 N–H and O–H groups in total. The Hall–Kier alpha value is -0.740. The van der Waals surface area contributed by atoms with Gasteiger partial charge in [-0.2, -0.15) is 0 Å². The first-order valence-corrected chi connectivity index (χ1v) is 7.30. The van der Waals surface area contributed by atoms with Crippen molar-refractivity contribution in [3.8, 4) is 5.75 Å². The molecule has 0 heterocycles. The number of hydrogen-bond donors (Lipinski definition) is 0. The molecule has 0 unspecified atom stereocenters. The van der Waals surface area contributed by atoms with Crippen LogP contribution in [0.2, 0.25) is 0 Å². The second-order valence-corrected chi connectivity index (χ2v) is 6.61. The minimum Gasteiger partial charge on any atom is -0.496 e. The molecule has 1 aromatic carbocycles. The first kappa shape index (κ1) is 13.3. The third-order valence-corrected chi connectivity index (χ3v) is 3.60. The van der Waals surface area contributed by atoms with Crippen molar-refractivity contribution in [3.05, 3.63) is 28.3 Å². The van der Waals surface area contributed by atoms with Gasteiger partial charge in [0.25, 0.3) is 0 Å². The zero-order chi connectivity index (χ0) is 12.5. The Labute approximate surface area is 101 Å². The second kappa shape index (κ2) is 4.63. The molecule has 0 aliphatic carbocycles. The molecule has 0 saturated heterocycles. The van der Waals surface area contributed by atoms with E-state index in [-0.39, 0.29) is 5.75 Å². The summed E-state index contributed by atoms with van der Waals surface area (Å²) in [6.07, 6.45) is 0. The Morgan fingerprint density at radius 3 is 2.25 bits per heavy atom. The van der Waals surface area contributed by atoms with Crippen LogP contribution in [0, 0.1) is 20.8 Å². The first-order valence-electron chi connectivity index (χ1n) is 4.82. The lowest BCUT2D eigenvalue weighted by Crippen LogP contribution is -2.04. The average molecular weight is 263 g/mol. The molecule has 0 aliphatic rings. The second-order valence-electron chi connectivity index (χ2n) is 3.83. The summed E-state index contributed by atoms with van der Waals surface area (Å²) in [5, 5.41) is 0. The summed E-state index contributed by atoms with van der Waals surface area (Å²) >= 11 is 0. The maximum atomic E-state index is 11.1. The average Bonchev–Trinajstić information content (AvgIpc) is 2.13. The molecule has 5 heteroatoms. The summed E-state index contributed by atoms with van der Waals surface area (Å²) < 4.78 is 27.5. The molecule has 3 nitrogen and oxygen atoms in total. The van der Waals surface area contributed by atoms with Crippen LogP contribution in [0.3, 0.4) is 0 Å². The molecule has 0 amide bonds. The zero-order valence-electron chi connectivity index (χ0n) is 9.80. The zero-order valence-corrected chi connectivity index (χ0v) is 11.4. The fourth-order valence-corrected chi connectivity index (χ4v) is 2.76. The van der Waals surface area contributed by atoms with Crippen LogP contribution in [0.4, 0.5) is 0 Å². The highest BCUT2D eigenvalue weighted by Gasteiger charge is 2.17. The van der Waals surface area contributed by atoms with Gasteiger partial charge in [-0.1, -0.05) is 6.07 Å². The van der Waals surface area contributed by atoms with Crippen LogP contribution in [-0.4, -0.2) is 15.5 Å². The monoisotopic (exact) mass is 262 g/mol. The minimum atomic E-state index is -3.57. The Bertz CT molecular complexity index is 506. The predicted octanol–water partition coefficient (Wildman–Crippen LogP) is 2.69. The predicted molar refractivity (Wildman–Crippen MR) is 65.7 cm³/mol. The lowest BCUT2D eigenvalue weighted by Gasteiger charge is -2.15. The van der Waals surface area contributed by atoms with Crippen LogP contribution in [0.1, 0.15) is 22.3 Å². The molecule has 0 saturated carbocycles. The summed E-state index contributed by atoms with van der Waals surface area (Å²) in [5.41, 5.74) is 3.54. The van der Waals surface area contributed by atoms with E-state index in [0.717, 1.165) is 16.7 Å². The van der Waals surface area contributed by atoms with Gasteiger partial charge in [0, 0.05) is 16.2 Å². The highest BCUT2D eigenvalue weighted by atomic mass is 35.7. The topological polar surface area (TPSA) is 43.4 Å². The normalized spacial score (nSPS) is 11.6. The van der Waals surface area contributed by atoms with Crippen molar-refractivity contribution in [1.82, 2.24) is 0 Å². The molecule has 0 aromatic heterocycles. The molecular formula is C11H15ClO3S. The van der Waals surface area contributed by atoms with Gasteiger partial charge >= 0.3 is 0 Å². The van der Waals surface area contributed by atoms with E-state index >= 15 is 0 Å². The van der Waals surface area contributed by atoms with Crippen molar-refractivity contribution in [1.29, 1.82) is 0 Å². The van der Waals surface area contributed by atoms with E-state index in [2.05, 4.69) is 0 Å². The molecule has 16 heavy (non-hydrogen) atoms. The fourth-order valence-electron chi connectivity index (χ4n) is 1.73. The quantitative estimate of drug-likeness (QED) is 0.787. The van der Waals surface area contributed by atoms with E-state index in [1.54, 1.807) is 0 Å². The third-order valence-electron chi connectivity index (χ3n) is 2.64. The van der Waals surface area contributed by atoms with Gasteiger partial charge in [0.05, 0.1) is 12.9 Å². The van der Waals surface area contributed by atoms with E-state index < -0.39 is 9.05 Å². The van der Waals surface area contributed by atoms with Crippen molar-refractivity contribution in [2.45, 2.75) is 26.5 Å². The van der Waals surface area contributed by atoms with E-state index in [4.69, 9.17) is 15.4 Å². The van der Waals surface area contributed by atoms with Crippen LogP contribution in [0.15, 0.2) is 6.07 Å². The smallest absolute Gasteiger partial charge is 0.236 e. The van der Waals surface area contributed by atoms with Gasteiger partial charge in [-0.25, -0.2) is 8.42 Å². The van der Waals surface area contributed by atoms with Crippen molar-refractivity contribution in [2.24, 2.45) is 0 Å². The van der Waals surface area contributed by atoms with E-state index in [0.29, 0.717) is 11.3 Å². The number of halogens is 1. The van der Waals surface area contributed by atoms with Crippen molar-refractivity contribution < 1.29 is 13.2 Å². The standard InChI is InChI=1S/C11H15ClO3S/c1-7-5-8(2)10(6-16(12,13)14)11(15-4)9(7)3/h5H,6H2,1-4H3. The molecule has 0 bridgehead atoms. The van der Waals surface area contributed by atoms with Gasteiger partial charge in [-0.15, -0.1) is 0 Å². The van der Waals surface area contributed by atoms with Crippen molar-refractivity contribution in [3.63, 3.8) is 0 Å². The maximum Gasteiger partial charge on any atom is 0.236 e. The molecule has 1 rings (SSSR count). The third kappa shape index (κ3) is 2.89. The number of ether oxygens (including phenoxy) is 1. The lowest BCUT2D eigenvalue weighted by atomic mass is 10.00. The summed E-state index contributed by atoms with van der Waals surface area (Å²) in [6, 6.07) is 1.94. The Balaban J connectivity index is 3.43. The van der Waals surface area contributed by atoms with Crippen LogP contribution >= 0.6 is 10.7 Å². The molecule has 0 fully saturated rings. The Morgan fingerprint density at radius 1 is 1.25 bits per heavy atom. The molecule has 0 aliphatic heterocycles. The first-order chi connectivity index (χ1) is 7.26. The SMILES string of the molecule is COc1c(C)c(C)cc(C)c1CS(=O)(=O)Cl. The number of aryl methyl sites for hydroxylation is 2. The molecular weight excluding hydrogens is 248 g/mol. The Morgan fingerprint density at radius 2 is 1.81 bits per heavy atom. The van der Waals surface area contributed by atoms with Gasteiger partial charge in [-0.05, 0) is 37.5 Å². The van der Waals surface area contributed by atoms with E-state index in [1.165, 1.54) is 7.11 Å². The van der Waals surface area contributed by atoms with Crippen LogP contribution in [0.5, 0.6) is 5.75 Å². The molecule has 0 radical (unpaired) electrons. The van der Waals surface area contributed by atoms with Gasteiger partial charge < -0.3 is 4.74 Å². The highest BCUT2D eigenvalue weighted by molar-refractivity contribution is 8.13. The summed E-state index contributed by atoms with van der Waals surface area (Å²) in [6.45, 7) is 5.72. The van der Waals surface area contributed by atoms with Gasteiger partial charge in [-0.3, -0.25) is 0 Å². The number of benzene rings is 1. The number of rotatable bonds is 3. The molecule has 0 atom stereocenters. The molecule has 1 aromatic rings. The van der Waals surface area contributed by atoms with Crippen molar-refractivity contribution in [2.75, 3.05) is 7.11 Å². The van der Waals surface area contributed by atoms with E-state index in [9.17, 15) is 8.42 Å². The van der Waals surface area contributed by atoms with Crippen LogP contribution in [0.25, 0.3) is 0 Å². The van der Waals surface area contributed by atoms with Gasteiger partial charge in [0.1, 0.15) is 5.75 Å². The number of methoxy groups -OCH3 is 1. The lowest BCUT2D eigenvalue weighted by molar-refractivity contribution is 0.407. The Kier molecular flexibility index (Phi) is 3.86. The summed E-state index contributed by atoms with van der Waals surface area (Å²) in [7, 11) is 3.24. The van der Waals surface area contributed by atoms with Gasteiger partial charge in [0.15, 0.2) is 0 Å². The van der Waals surface area contributed by atoms with Gasteiger partial charge in [0.2, 0.25) is 9.05 Å². The van der Waals surface area contributed by atoms with Crippen molar-refractivity contribution >= 4 is 19.7 Å². The largest absolute Gasteiger partial charge is 0.496 e. The highest BCUT2D eigenvalue weighted by Crippen LogP contribution is 2.31. The van der Waals surface area contributed by atoms with E-state index in [1.807, 2.05) is 26.8 Å². The number of hydrogen-bond acceptors (Lipinski definition) is 3.